The van der Waals surface area contributed by atoms with Crippen molar-refractivity contribution in [3.63, 3.8) is 0 Å². The molecule has 0 amide bonds. The summed E-state index contributed by atoms with van der Waals surface area (Å²) in [4.78, 5) is 36.4. The fourth-order valence-electron chi connectivity index (χ4n) is 4.15. The van der Waals surface area contributed by atoms with Crippen LogP contribution in [-0.4, -0.2) is 31.6 Å². The molecule has 0 aromatic heterocycles. The van der Waals surface area contributed by atoms with Crippen LogP contribution in [0, 0.1) is 5.82 Å². The lowest BCUT2D eigenvalue weighted by Crippen LogP contribution is -2.14. The van der Waals surface area contributed by atoms with Crippen LogP contribution in [0.15, 0.2) is 121 Å². The molecule has 45 heavy (non-hydrogen) atoms. The highest BCUT2D eigenvalue weighted by atomic mass is 19.1. The van der Waals surface area contributed by atoms with Crippen molar-refractivity contribution in [1.82, 2.24) is 0 Å². The van der Waals surface area contributed by atoms with Gasteiger partial charge in [0.1, 0.15) is 23.1 Å². The molecular weight excluding hydrogens is 575 g/mol. The molecule has 4 aromatic carbocycles. The van der Waals surface area contributed by atoms with Gasteiger partial charge in [0.05, 0.1) is 12.2 Å². The van der Waals surface area contributed by atoms with E-state index in [4.69, 9.17) is 18.9 Å². The molecule has 0 N–H and O–H groups in total. The summed E-state index contributed by atoms with van der Waals surface area (Å²) in [5.41, 5.74) is 3.94. The monoisotopic (exact) mass is 606 g/mol. The van der Waals surface area contributed by atoms with Crippen molar-refractivity contribution in [1.29, 1.82) is 0 Å². The summed E-state index contributed by atoms with van der Waals surface area (Å²) >= 11 is 0. The van der Waals surface area contributed by atoms with Gasteiger partial charge in [-0.25, -0.2) is 18.8 Å². The largest absolute Gasteiger partial charge is 0.423 e. The second kappa shape index (κ2) is 14.2. The van der Waals surface area contributed by atoms with Crippen LogP contribution in [-0.2, 0) is 19.1 Å². The summed E-state index contributed by atoms with van der Waals surface area (Å²) in [6, 6.07) is 23.1. The van der Waals surface area contributed by atoms with E-state index in [1.165, 1.54) is 13.2 Å². The van der Waals surface area contributed by atoms with Crippen LogP contribution in [0.3, 0.4) is 0 Å². The zero-order chi connectivity index (χ0) is 32.7. The van der Waals surface area contributed by atoms with Gasteiger partial charge in [-0.3, -0.25) is 0 Å². The lowest BCUT2D eigenvalue weighted by molar-refractivity contribution is -0.131. The number of ether oxygens (including phenoxy) is 4. The van der Waals surface area contributed by atoms with Gasteiger partial charge in [0, 0.05) is 29.4 Å². The first kappa shape index (κ1) is 32.3. The molecule has 8 heteroatoms. The minimum atomic E-state index is -0.693. The number of esters is 3. The summed E-state index contributed by atoms with van der Waals surface area (Å²) in [6.07, 6.45) is 0. The van der Waals surface area contributed by atoms with Gasteiger partial charge < -0.3 is 18.9 Å². The van der Waals surface area contributed by atoms with Crippen molar-refractivity contribution in [2.45, 2.75) is 13.8 Å². The van der Waals surface area contributed by atoms with Gasteiger partial charge in [-0.15, -0.1) is 0 Å². The maximum Gasteiger partial charge on any atom is 0.341 e. The molecule has 0 saturated carbocycles. The number of rotatable bonds is 11. The second-order valence-electron chi connectivity index (χ2n) is 10.2. The molecule has 0 unspecified atom stereocenters. The zero-order valence-electron chi connectivity index (χ0n) is 25.1. The number of halogens is 1. The van der Waals surface area contributed by atoms with E-state index in [1.807, 2.05) is 6.07 Å². The Kier molecular flexibility index (Phi) is 10.2. The summed E-state index contributed by atoms with van der Waals surface area (Å²) in [6.45, 7) is 13.9. The third-order valence-electron chi connectivity index (χ3n) is 6.54. The van der Waals surface area contributed by atoms with Crippen LogP contribution in [0.2, 0.25) is 0 Å². The first-order chi connectivity index (χ1) is 21.5. The number of carbonyl (C=O) groups is 3. The SMILES string of the molecule is C=C(C)C(=O)Oc1ccc(-c2ccc(-c3ccc(-c4ccc(OC(=O)C(=C)C)cc4)c(F)c3)c(OC(=O)C(=C)COC)c2)cc1. The van der Waals surface area contributed by atoms with E-state index in [0.29, 0.717) is 39.3 Å². The van der Waals surface area contributed by atoms with Gasteiger partial charge in [-0.1, -0.05) is 68.3 Å². The Bertz CT molecular complexity index is 1800. The minimum absolute atomic E-state index is 0.0211. The highest BCUT2D eigenvalue weighted by molar-refractivity contribution is 5.92. The van der Waals surface area contributed by atoms with Gasteiger partial charge in [0.2, 0.25) is 0 Å². The lowest BCUT2D eigenvalue weighted by Gasteiger charge is -2.15. The molecule has 7 nitrogen and oxygen atoms in total. The standard InChI is InChI=1S/C37H31FO7/c1-22(2)35(39)43-29-13-7-25(8-14-29)27-11-18-32(34(20-27)45-37(41)24(5)21-42-6)28-12-17-31(33(38)19-28)26-9-15-30(16-10-26)44-36(40)23(3)4/h7-20H,1,3,5,21H2,2,4,6H3. The topological polar surface area (TPSA) is 88.1 Å². The molecule has 0 fully saturated rings. The van der Waals surface area contributed by atoms with Crippen molar-refractivity contribution in [2.75, 3.05) is 13.7 Å². The predicted octanol–water partition coefficient (Wildman–Crippen LogP) is 7.90. The molecule has 0 spiro atoms. The average molecular weight is 607 g/mol. The van der Waals surface area contributed by atoms with Crippen molar-refractivity contribution in [3.8, 4) is 50.6 Å². The van der Waals surface area contributed by atoms with Gasteiger partial charge in [0.25, 0.3) is 0 Å². The van der Waals surface area contributed by atoms with Crippen molar-refractivity contribution in [3.05, 3.63) is 127 Å². The van der Waals surface area contributed by atoms with Gasteiger partial charge in [-0.2, -0.15) is 0 Å². The van der Waals surface area contributed by atoms with E-state index >= 15 is 4.39 Å². The molecule has 4 aromatic rings. The van der Waals surface area contributed by atoms with Crippen LogP contribution < -0.4 is 14.2 Å². The molecular formula is C37H31FO7. The third-order valence-corrected chi connectivity index (χ3v) is 6.54. The predicted molar refractivity (Wildman–Crippen MR) is 170 cm³/mol. The molecule has 0 bridgehead atoms. The Balaban J connectivity index is 1.66. The van der Waals surface area contributed by atoms with Crippen LogP contribution in [0.5, 0.6) is 17.2 Å². The molecule has 0 saturated heterocycles. The molecule has 0 radical (unpaired) electrons. The van der Waals surface area contributed by atoms with Gasteiger partial charge in [-0.05, 0) is 72.5 Å². The summed E-state index contributed by atoms with van der Waals surface area (Å²) < 4.78 is 36.7. The van der Waals surface area contributed by atoms with E-state index < -0.39 is 23.7 Å². The van der Waals surface area contributed by atoms with E-state index in [0.717, 1.165) is 5.56 Å². The van der Waals surface area contributed by atoms with Crippen molar-refractivity contribution >= 4 is 17.9 Å². The molecule has 0 aliphatic heterocycles. The third kappa shape index (κ3) is 8.07. The Labute approximate surface area is 260 Å². The highest BCUT2D eigenvalue weighted by Crippen LogP contribution is 2.37. The highest BCUT2D eigenvalue weighted by Gasteiger charge is 2.17. The minimum Gasteiger partial charge on any atom is -0.423 e. The normalized spacial score (nSPS) is 10.5. The van der Waals surface area contributed by atoms with Crippen LogP contribution >= 0.6 is 0 Å². The van der Waals surface area contributed by atoms with Crippen molar-refractivity contribution in [2.24, 2.45) is 0 Å². The Morgan fingerprint density at radius 2 is 1.09 bits per heavy atom. The second-order valence-corrected chi connectivity index (χ2v) is 10.2. The number of hydrogen-bond acceptors (Lipinski definition) is 7. The molecule has 4 rings (SSSR count). The molecule has 228 valence electrons. The van der Waals surface area contributed by atoms with Gasteiger partial charge in [0.15, 0.2) is 0 Å². The smallest absolute Gasteiger partial charge is 0.341 e. The average Bonchev–Trinajstić information content (AvgIpc) is 3.01. The Morgan fingerprint density at radius 1 is 0.600 bits per heavy atom. The molecule has 0 atom stereocenters. The van der Waals surface area contributed by atoms with E-state index in [9.17, 15) is 14.4 Å². The summed E-state index contributed by atoms with van der Waals surface area (Å²) in [5.74, 6) is -1.43. The first-order valence-corrected chi connectivity index (χ1v) is 13.8. The van der Waals surface area contributed by atoms with Crippen molar-refractivity contribution < 1.29 is 37.7 Å². The fraction of sp³-hybridized carbons (Fsp3) is 0.108. The Hall–Kier alpha value is -5.60. The number of benzene rings is 4. The van der Waals surface area contributed by atoms with E-state index in [1.54, 1.807) is 86.6 Å². The van der Waals surface area contributed by atoms with Crippen LogP contribution in [0.25, 0.3) is 33.4 Å². The first-order valence-electron chi connectivity index (χ1n) is 13.8. The van der Waals surface area contributed by atoms with Crippen LogP contribution in [0.1, 0.15) is 13.8 Å². The number of methoxy groups -OCH3 is 1. The number of carbonyl (C=O) groups excluding carboxylic acids is 3. The molecule has 0 aliphatic carbocycles. The Morgan fingerprint density at radius 3 is 1.60 bits per heavy atom. The summed E-state index contributed by atoms with van der Waals surface area (Å²) in [5, 5.41) is 0. The van der Waals surface area contributed by atoms with Crippen LogP contribution in [0.4, 0.5) is 4.39 Å². The molecule has 0 heterocycles. The maximum absolute atomic E-state index is 15.5. The lowest BCUT2D eigenvalue weighted by atomic mass is 9.96. The maximum atomic E-state index is 15.5. The quantitative estimate of drug-likeness (QED) is 0.0974. The van der Waals surface area contributed by atoms with Gasteiger partial charge >= 0.3 is 17.9 Å². The molecule has 0 aliphatic rings. The number of hydrogen-bond donors (Lipinski definition) is 0. The van der Waals surface area contributed by atoms with E-state index in [2.05, 4.69) is 19.7 Å². The zero-order valence-corrected chi connectivity index (χ0v) is 25.1. The fourth-order valence-corrected chi connectivity index (χ4v) is 4.15. The summed E-state index contributed by atoms with van der Waals surface area (Å²) in [7, 11) is 1.44. The van der Waals surface area contributed by atoms with E-state index in [-0.39, 0.29) is 29.1 Å².